The van der Waals surface area contributed by atoms with Crippen LogP contribution in [0, 0.1) is 0 Å². The Morgan fingerprint density at radius 3 is 2.50 bits per heavy atom. The Labute approximate surface area is 122 Å². The number of hydrogen-bond acceptors (Lipinski definition) is 4. The molecule has 1 saturated heterocycles. The molecule has 0 aromatic carbocycles. The van der Waals surface area contributed by atoms with Crippen molar-refractivity contribution in [3.63, 3.8) is 0 Å². The standard InChI is InChI=1S/C14H27NO4S/c1-2-3-4-5-6-7-8-15-9-10-20(18,19)12-13(15)11-14(16)17/h13H,2-12H2,1H3,(H,16,17). The number of carbonyl (C=O) groups is 1. The minimum Gasteiger partial charge on any atom is -0.481 e. The summed E-state index contributed by atoms with van der Waals surface area (Å²) in [6.45, 7) is 3.49. The monoisotopic (exact) mass is 305 g/mol. The summed E-state index contributed by atoms with van der Waals surface area (Å²) in [5.41, 5.74) is 0. The number of unbranched alkanes of at least 4 members (excludes halogenated alkanes) is 5. The first-order chi connectivity index (χ1) is 9.44. The maximum absolute atomic E-state index is 11.6. The summed E-state index contributed by atoms with van der Waals surface area (Å²) in [5.74, 6) is -0.756. The SMILES string of the molecule is CCCCCCCCN1CCS(=O)(=O)CC1CC(=O)O. The zero-order valence-electron chi connectivity index (χ0n) is 12.4. The third-order valence-corrected chi connectivity index (χ3v) is 5.56. The second-order valence-electron chi connectivity index (χ2n) is 5.67. The Morgan fingerprint density at radius 2 is 1.85 bits per heavy atom. The van der Waals surface area contributed by atoms with Gasteiger partial charge in [-0.25, -0.2) is 8.42 Å². The third-order valence-electron chi connectivity index (χ3n) is 3.86. The first-order valence-corrected chi connectivity index (χ1v) is 9.43. The average Bonchev–Trinajstić information content (AvgIpc) is 2.34. The van der Waals surface area contributed by atoms with Crippen molar-refractivity contribution in [1.29, 1.82) is 0 Å². The van der Waals surface area contributed by atoms with Gasteiger partial charge in [-0.15, -0.1) is 0 Å². The molecule has 0 saturated carbocycles. The lowest BCUT2D eigenvalue weighted by Crippen LogP contribution is -2.49. The molecule has 5 nitrogen and oxygen atoms in total. The van der Waals surface area contributed by atoms with Crippen molar-refractivity contribution in [3.05, 3.63) is 0 Å². The molecule has 0 radical (unpaired) electrons. The molecule has 0 amide bonds. The van der Waals surface area contributed by atoms with Gasteiger partial charge in [0, 0.05) is 12.6 Å². The second-order valence-corrected chi connectivity index (χ2v) is 7.90. The summed E-state index contributed by atoms with van der Waals surface area (Å²) in [7, 11) is -3.06. The Kier molecular flexibility index (Phi) is 7.51. The first-order valence-electron chi connectivity index (χ1n) is 7.61. The zero-order chi connectivity index (χ0) is 15.0. The predicted molar refractivity (Wildman–Crippen MR) is 79.6 cm³/mol. The molecule has 0 aromatic rings. The van der Waals surface area contributed by atoms with Crippen LogP contribution in [-0.2, 0) is 14.6 Å². The quantitative estimate of drug-likeness (QED) is 0.659. The smallest absolute Gasteiger partial charge is 0.304 e. The van der Waals surface area contributed by atoms with Gasteiger partial charge in [-0.1, -0.05) is 39.0 Å². The van der Waals surface area contributed by atoms with Crippen molar-refractivity contribution >= 4 is 15.8 Å². The molecule has 0 spiro atoms. The van der Waals surface area contributed by atoms with E-state index in [1.54, 1.807) is 0 Å². The largest absolute Gasteiger partial charge is 0.481 e. The van der Waals surface area contributed by atoms with E-state index in [1.807, 2.05) is 0 Å². The topological polar surface area (TPSA) is 74.7 Å². The predicted octanol–water partition coefficient (Wildman–Crippen LogP) is 1.92. The first kappa shape index (κ1) is 17.4. The van der Waals surface area contributed by atoms with Gasteiger partial charge in [0.2, 0.25) is 0 Å². The van der Waals surface area contributed by atoms with Gasteiger partial charge in [0.15, 0.2) is 9.84 Å². The third kappa shape index (κ3) is 6.70. The van der Waals surface area contributed by atoms with E-state index in [4.69, 9.17) is 5.11 Å². The van der Waals surface area contributed by atoms with E-state index in [9.17, 15) is 13.2 Å². The van der Waals surface area contributed by atoms with Gasteiger partial charge in [0.25, 0.3) is 0 Å². The molecule has 1 heterocycles. The normalized spacial score (nSPS) is 22.8. The van der Waals surface area contributed by atoms with E-state index in [0.29, 0.717) is 6.54 Å². The number of sulfone groups is 1. The molecule has 0 aromatic heterocycles. The van der Waals surface area contributed by atoms with Crippen LogP contribution in [-0.4, -0.2) is 55.0 Å². The van der Waals surface area contributed by atoms with E-state index in [1.165, 1.54) is 25.7 Å². The van der Waals surface area contributed by atoms with Gasteiger partial charge in [-0.3, -0.25) is 9.69 Å². The van der Waals surface area contributed by atoms with E-state index in [0.717, 1.165) is 19.4 Å². The maximum atomic E-state index is 11.6. The van der Waals surface area contributed by atoms with Crippen molar-refractivity contribution < 1.29 is 18.3 Å². The average molecular weight is 305 g/mol. The summed E-state index contributed by atoms with van der Waals surface area (Å²) in [5, 5.41) is 8.90. The molecule has 1 aliphatic heterocycles. The maximum Gasteiger partial charge on any atom is 0.304 e. The van der Waals surface area contributed by atoms with Crippen LogP contribution in [0.15, 0.2) is 0 Å². The van der Waals surface area contributed by atoms with Crippen molar-refractivity contribution in [2.45, 2.75) is 57.9 Å². The number of aliphatic carboxylic acids is 1. The molecule has 0 bridgehead atoms. The Morgan fingerprint density at radius 1 is 1.20 bits per heavy atom. The minimum absolute atomic E-state index is 0.00483. The highest BCUT2D eigenvalue weighted by atomic mass is 32.2. The fourth-order valence-electron chi connectivity index (χ4n) is 2.70. The summed E-state index contributed by atoms with van der Waals surface area (Å²) in [6.07, 6.45) is 7.05. The van der Waals surface area contributed by atoms with Gasteiger partial charge < -0.3 is 5.11 Å². The van der Waals surface area contributed by atoms with Crippen LogP contribution >= 0.6 is 0 Å². The molecular formula is C14H27NO4S. The lowest BCUT2D eigenvalue weighted by Gasteiger charge is -2.34. The van der Waals surface area contributed by atoms with Gasteiger partial charge in [0.1, 0.15) is 0 Å². The molecule has 1 unspecified atom stereocenters. The molecule has 6 heteroatoms. The van der Waals surface area contributed by atoms with Crippen molar-refractivity contribution in [3.8, 4) is 0 Å². The lowest BCUT2D eigenvalue weighted by atomic mass is 10.1. The zero-order valence-corrected chi connectivity index (χ0v) is 13.2. The number of rotatable bonds is 9. The molecule has 1 atom stereocenters. The Balaban J connectivity index is 2.35. The fourth-order valence-corrected chi connectivity index (χ4v) is 4.29. The summed E-state index contributed by atoms with van der Waals surface area (Å²) < 4.78 is 23.2. The summed E-state index contributed by atoms with van der Waals surface area (Å²) in [4.78, 5) is 12.9. The molecule has 20 heavy (non-hydrogen) atoms. The number of nitrogens with zero attached hydrogens (tertiary/aromatic N) is 1. The van der Waals surface area contributed by atoms with Crippen molar-refractivity contribution in [1.82, 2.24) is 4.90 Å². The van der Waals surface area contributed by atoms with E-state index < -0.39 is 15.8 Å². The van der Waals surface area contributed by atoms with Gasteiger partial charge in [0.05, 0.1) is 17.9 Å². The Bertz CT molecular complexity index is 394. The van der Waals surface area contributed by atoms with Crippen LogP contribution in [0.5, 0.6) is 0 Å². The van der Waals surface area contributed by atoms with Crippen LogP contribution in [0.4, 0.5) is 0 Å². The molecule has 1 rings (SSSR count). The number of carboxylic acids is 1. The molecule has 1 fully saturated rings. The Hall–Kier alpha value is -0.620. The molecular weight excluding hydrogens is 278 g/mol. The van der Waals surface area contributed by atoms with Gasteiger partial charge in [-0.2, -0.15) is 0 Å². The van der Waals surface area contributed by atoms with Crippen molar-refractivity contribution in [2.24, 2.45) is 0 Å². The highest BCUT2D eigenvalue weighted by molar-refractivity contribution is 7.91. The fraction of sp³-hybridized carbons (Fsp3) is 0.929. The van der Waals surface area contributed by atoms with Crippen LogP contribution in [0.3, 0.4) is 0 Å². The molecule has 1 aliphatic rings. The highest BCUT2D eigenvalue weighted by Crippen LogP contribution is 2.16. The summed E-state index contributed by atoms with van der Waals surface area (Å²) in [6, 6.07) is -0.345. The number of hydrogen-bond donors (Lipinski definition) is 1. The highest BCUT2D eigenvalue weighted by Gasteiger charge is 2.32. The van der Waals surface area contributed by atoms with Crippen LogP contribution in [0.2, 0.25) is 0 Å². The van der Waals surface area contributed by atoms with E-state index >= 15 is 0 Å². The van der Waals surface area contributed by atoms with Gasteiger partial charge >= 0.3 is 5.97 Å². The van der Waals surface area contributed by atoms with Crippen LogP contribution < -0.4 is 0 Å². The second kappa shape index (κ2) is 8.62. The van der Waals surface area contributed by atoms with E-state index in [-0.39, 0.29) is 24.0 Å². The molecule has 118 valence electrons. The molecule has 1 N–H and O–H groups in total. The lowest BCUT2D eigenvalue weighted by molar-refractivity contribution is -0.138. The number of carboxylic acid groups (broad SMARTS) is 1. The van der Waals surface area contributed by atoms with Crippen LogP contribution in [0.25, 0.3) is 0 Å². The van der Waals surface area contributed by atoms with Gasteiger partial charge in [-0.05, 0) is 13.0 Å². The summed E-state index contributed by atoms with van der Waals surface area (Å²) >= 11 is 0. The minimum atomic E-state index is -3.06. The molecule has 0 aliphatic carbocycles. The van der Waals surface area contributed by atoms with Crippen molar-refractivity contribution in [2.75, 3.05) is 24.6 Å². The van der Waals surface area contributed by atoms with E-state index in [2.05, 4.69) is 11.8 Å². The van der Waals surface area contributed by atoms with Crippen LogP contribution in [0.1, 0.15) is 51.9 Å².